The van der Waals surface area contributed by atoms with Crippen molar-refractivity contribution < 1.29 is 23.8 Å². The number of benzene rings is 2. The van der Waals surface area contributed by atoms with Gasteiger partial charge < -0.3 is 35.1 Å². The highest BCUT2D eigenvalue weighted by atomic mass is 32.1. The second-order valence-electron chi connectivity index (χ2n) is 8.17. The third-order valence-electron chi connectivity index (χ3n) is 5.45. The van der Waals surface area contributed by atoms with Gasteiger partial charge in [-0.25, -0.2) is 9.59 Å². The van der Waals surface area contributed by atoms with E-state index >= 15 is 0 Å². The molecule has 35 heavy (non-hydrogen) atoms. The second-order valence-corrected chi connectivity index (χ2v) is 8.55. The summed E-state index contributed by atoms with van der Waals surface area (Å²) in [6, 6.07) is 11.3. The molecule has 10 heteroatoms. The van der Waals surface area contributed by atoms with Gasteiger partial charge in [0.05, 0.1) is 37.6 Å². The number of rotatable bonds is 7. The Hall–Kier alpha value is -3.79. The molecule has 0 fully saturated rings. The van der Waals surface area contributed by atoms with Crippen molar-refractivity contribution in [2.75, 3.05) is 31.9 Å². The van der Waals surface area contributed by atoms with Gasteiger partial charge in [-0.1, -0.05) is 12.1 Å². The van der Waals surface area contributed by atoms with Gasteiger partial charge in [0.25, 0.3) is 0 Å². The van der Waals surface area contributed by atoms with Crippen LogP contribution >= 0.6 is 12.2 Å². The van der Waals surface area contributed by atoms with Gasteiger partial charge >= 0.3 is 12.0 Å². The van der Waals surface area contributed by atoms with Crippen molar-refractivity contribution in [1.29, 1.82) is 0 Å². The van der Waals surface area contributed by atoms with E-state index in [1.54, 1.807) is 69.3 Å². The van der Waals surface area contributed by atoms with Crippen molar-refractivity contribution >= 4 is 40.7 Å². The van der Waals surface area contributed by atoms with Crippen molar-refractivity contribution in [3.05, 3.63) is 59.3 Å². The highest BCUT2D eigenvalue weighted by molar-refractivity contribution is 7.80. The van der Waals surface area contributed by atoms with Crippen LogP contribution in [0.4, 0.5) is 16.2 Å². The van der Waals surface area contributed by atoms with Gasteiger partial charge in [0.1, 0.15) is 11.5 Å². The first-order valence-corrected chi connectivity index (χ1v) is 11.4. The first kappa shape index (κ1) is 25.8. The minimum absolute atomic E-state index is 0.269. The quantitative estimate of drug-likeness (QED) is 0.381. The fraction of sp³-hybridized carbons (Fsp3) is 0.320. The van der Waals surface area contributed by atoms with E-state index in [1.807, 2.05) is 13.0 Å². The third kappa shape index (κ3) is 6.02. The number of allylic oxidation sites excluding steroid dienone is 1. The third-order valence-corrected chi connectivity index (χ3v) is 5.84. The molecule has 1 aliphatic rings. The first-order chi connectivity index (χ1) is 16.6. The molecule has 0 spiro atoms. The lowest BCUT2D eigenvalue weighted by Gasteiger charge is -2.35. The van der Waals surface area contributed by atoms with Crippen molar-refractivity contribution in [3.63, 3.8) is 0 Å². The summed E-state index contributed by atoms with van der Waals surface area (Å²) in [6.07, 6.45) is -0.269. The van der Waals surface area contributed by atoms with Crippen LogP contribution in [0.3, 0.4) is 0 Å². The van der Waals surface area contributed by atoms with Crippen molar-refractivity contribution in [1.82, 2.24) is 10.2 Å². The summed E-state index contributed by atoms with van der Waals surface area (Å²) in [5.41, 5.74) is 2.93. The largest absolute Gasteiger partial charge is 0.497 e. The number of amides is 2. The maximum atomic E-state index is 12.9. The number of nitrogens with one attached hydrogen (secondary N) is 3. The van der Waals surface area contributed by atoms with Crippen LogP contribution < -0.4 is 25.4 Å². The van der Waals surface area contributed by atoms with Gasteiger partial charge in [0.15, 0.2) is 5.11 Å². The fourth-order valence-corrected chi connectivity index (χ4v) is 3.86. The molecule has 2 amide bonds. The molecule has 1 unspecified atom stereocenters. The zero-order chi connectivity index (χ0) is 25.7. The number of ether oxygens (including phenoxy) is 3. The number of thiocarbonyl (C=S) groups is 1. The molecule has 3 N–H and O–H groups in total. The summed E-state index contributed by atoms with van der Waals surface area (Å²) in [5.74, 6) is 0.650. The number of hydrogen-bond donors (Lipinski definition) is 3. The number of anilines is 2. The van der Waals surface area contributed by atoms with Gasteiger partial charge in [-0.3, -0.25) is 0 Å². The number of esters is 1. The predicted molar refractivity (Wildman–Crippen MR) is 139 cm³/mol. The Labute approximate surface area is 210 Å². The molecular formula is C25H30N4O5S. The van der Waals surface area contributed by atoms with Gasteiger partial charge in [-0.15, -0.1) is 0 Å². The van der Waals surface area contributed by atoms with Crippen LogP contribution in [0, 0.1) is 0 Å². The standard InChI is InChI=1S/C25H30N4O5S/c1-14(2)34-23(30)21-15(3)29(4)25(35)28-22(21)16-8-7-9-17(12-16)26-24(31)27-19-11-10-18(32-5)13-20(19)33-6/h7-14,22H,1-6H3,(H,28,35)(H2,26,27,31). The van der Waals surface area contributed by atoms with Crippen LogP contribution in [0.25, 0.3) is 0 Å². The van der Waals surface area contributed by atoms with E-state index < -0.39 is 18.0 Å². The molecule has 0 aliphatic carbocycles. The van der Waals surface area contributed by atoms with Crippen LogP contribution in [0.5, 0.6) is 11.5 Å². The topological polar surface area (TPSA) is 101 Å². The highest BCUT2D eigenvalue weighted by Crippen LogP contribution is 2.33. The number of methoxy groups -OCH3 is 2. The Bertz CT molecular complexity index is 1160. The van der Waals surface area contributed by atoms with E-state index in [1.165, 1.54) is 7.11 Å². The zero-order valence-electron chi connectivity index (χ0n) is 20.6. The molecule has 186 valence electrons. The first-order valence-electron chi connectivity index (χ1n) is 11.0. The highest BCUT2D eigenvalue weighted by Gasteiger charge is 2.34. The molecular weight excluding hydrogens is 468 g/mol. The molecule has 9 nitrogen and oxygen atoms in total. The van der Waals surface area contributed by atoms with E-state index in [4.69, 9.17) is 26.4 Å². The lowest BCUT2D eigenvalue weighted by molar-refractivity contribution is -0.143. The SMILES string of the molecule is COc1ccc(NC(=O)Nc2cccc(C3NC(=S)N(C)C(C)=C3C(=O)OC(C)C)c2)c(OC)c1. The number of nitrogens with zero attached hydrogens (tertiary/aromatic N) is 1. The summed E-state index contributed by atoms with van der Waals surface area (Å²) in [5, 5.41) is 9.28. The zero-order valence-corrected chi connectivity index (χ0v) is 21.4. The monoisotopic (exact) mass is 498 g/mol. The van der Waals surface area contributed by atoms with Crippen LogP contribution in [0.15, 0.2) is 53.7 Å². The maximum absolute atomic E-state index is 12.9. The Balaban J connectivity index is 1.84. The van der Waals surface area contributed by atoms with Crippen LogP contribution in [-0.2, 0) is 9.53 Å². The number of urea groups is 1. The molecule has 0 radical (unpaired) electrons. The van der Waals surface area contributed by atoms with E-state index in [-0.39, 0.29) is 6.10 Å². The lowest BCUT2D eigenvalue weighted by Crippen LogP contribution is -2.46. The maximum Gasteiger partial charge on any atom is 0.338 e. The Morgan fingerprint density at radius 2 is 1.83 bits per heavy atom. The van der Waals surface area contributed by atoms with E-state index in [9.17, 15) is 9.59 Å². The molecule has 2 aromatic carbocycles. The molecule has 1 heterocycles. The van der Waals surface area contributed by atoms with Crippen LogP contribution in [0.2, 0.25) is 0 Å². The van der Waals surface area contributed by atoms with Crippen molar-refractivity contribution in [2.45, 2.75) is 32.9 Å². The van der Waals surface area contributed by atoms with Crippen LogP contribution in [0.1, 0.15) is 32.4 Å². The number of hydrogen-bond acceptors (Lipinski definition) is 6. The molecule has 2 aromatic rings. The van der Waals surface area contributed by atoms with E-state index in [0.717, 1.165) is 5.56 Å². The lowest BCUT2D eigenvalue weighted by atomic mass is 9.94. The summed E-state index contributed by atoms with van der Waals surface area (Å²) in [6.45, 7) is 5.43. The van der Waals surface area contributed by atoms with Gasteiger partial charge in [-0.05, 0) is 62.8 Å². The average Bonchev–Trinajstić information content (AvgIpc) is 2.82. The molecule has 0 saturated heterocycles. The Kier molecular flexibility index (Phi) is 8.18. The molecule has 0 aromatic heterocycles. The fourth-order valence-electron chi connectivity index (χ4n) is 3.61. The minimum Gasteiger partial charge on any atom is -0.497 e. The summed E-state index contributed by atoms with van der Waals surface area (Å²) in [7, 11) is 4.86. The van der Waals surface area contributed by atoms with Gasteiger partial charge in [-0.2, -0.15) is 0 Å². The molecule has 1 aliphatic heterocycles. The smallest absolute Gasteiger partial charge is 0.338 e. The van der Waals surface area contributed by atoms with E-state index in [0.29, 0.717) is 39.3 Å². The Morgan fingerprint density at radius 3 is 2.49 bits per heavy atom. The number of carbonyl (C=O) groups is 2. The summed E-state index contributed by atoms with van der Waals surface area (Å²) >= 11 is 5.46. The second kappa shape index (κ2) is 11.1. The van der Waals surface area contributed by atoms with Crippen LogP contribution in [-0.4, -0.2) is 49.4 Å². The number of carbonyl (C=O) groups excluding carboxylic acids is 2. The molecule has 0 saturated carbocycles. The average molecular weight is 499 g/mol. The normalized spacial score (nSPS) is 15.5. The Morgan fingerprint density at radius 1 is 1.09 bits per heavy atom. The predicted octanol–water partition coefficient (Wildman–Crippen LogP) is 4.43. The summed E-state index contributed by atoms with van der Waals surface area (Å²) < 4.78 is 16.0. The minimum atomic E-state index is -0.531. The molecule has 0 bridgehead atoms. The van der Waals surface area contributed by atoms with Crippen molar-refractivity contribution in [2.24, 2.45) is 0 Å². The molecule has 1 atom stereocenters. The van der Waals surface area contributed by atoms with Gasteiger partial charge in [0.2, 0.25) is 0 Å². The van der Waals surface area contributed by atoms with E-state index in [2.05, 4.69) is 16.0 Å². The van der Waals surface area contributed by atoms with Crippen molar-refractivity contribution in [3.8, 4) is 11.5 Å². The van der Waals surface area contributed by atoms with Gasteiger partial charge in [0, 0.05) is 24.5 Å². The summed E-state index contributed by atoms with van der Waals surface area (Å²) in [4.78, 5) is 27.4. The molecule has 3 rings (SSSR count).